The summed E-state index contributed by atoms with van der Waals surface area (Å²) in [5.41, 5.74) is -1.45. The molecule has 1 N–H and O–H groups in total. The number of rotatable bonds is 5. The van der Waals surface area contributed by atoms with Crippen LogP contribution in [0.25, 0.3) is 0 Å². The maximum Gasteiger partial charge on any atom is 0.289 e. The Morgan fingerprint density at radius 1 is 1.35 bits per heavy atom. The summed E-state index contributed by atoms with van der Waals surface area (Å²) < 4.78 is 26.1. The molecule has 0 fully saturated rings. The molecule has 7 nitrogen and oxygen atoms in total. The van der Waals surface area contributed by atoms with Crippen molar-refractivity contribution in [2.75, 3.05) is 0 Å². The van der Waals surface area contributed by atoms with Gasteiger partial charge in [0.1, 0.15) is 0 Å². The second-order valence-corrected chi connectivity index (χ2v) is 6.55. The molecular weight excluding hydrogens is 284 g/mol. The summed E-state index contributed by atoms with van der Waals surface area (Å²) in [4.78, 5) is 21.4. The van der Waals surface area contributed by atoms with Gasteiger partial charge in [-0.2, -0.15) is 0 Å². The van der Waals surface area contributed by atoms with Crippen molar-refractivity contribution in [3.05, 3.63) is 34.4 Å². The zero-order valence-electron chi connectivity index (χ0n) is 11.4. The standard InChI is InChI=1S/C12H16N2O5S/c1-4-12(2,3)11(15)13-20(18,19)10-8-6-5-7-9(10)14(16)17/h5-8H,4H2,1-3H3,(H,13,15). The third-order valence-electron chi connectivity index (χ3n) is 3.08. The van der Waals surface area contributed by atoms with Crippen molar-refractivity contribution >= 4 is 21.6 Å². The van der Waals surface area contributed by atoms with E-state index in [1.807, 2.05) is 4.72 Å². The van der Waals surface area contributed by atoms with Crippen LogP contribution in [0.3, 0.4) is 0 Å². The molecule has 8 heteroatoms. The highest BCUT2D eigenvalue weighted by Gasteiger charge is 2.32. The van der Waals surface area contributed by atoms with E-state index >= 15 is 0 Å². The highest BCUT2D eigenvalue weighted by molar-refractivity contribution is 7.90. The van der Waals surface area contributed by atoms with E-state index in [1.165, 1.54) is 12.1 Å². The minimum Gasteiger partial charge on any atom is -0.273 e. The number of hydrogen-bond donors (Lipinski definition) is 1. The molecule has 0 unspecified atom stereocenters. The minimum absolute atomic E-state index is 0.436. The number of sulfonamides is 1. The zero-order chi connectivity index (χ0) is 15.6. The molecule has 0 saturated carbocycles. The molecule has 0 atom stereocenters. The Labute approximate surface area is 117 Å². The fraction of sp³-hybridized carbons (Fsp3) is 0.417. The normalized spacial score (nSPS) is 11.9. The average molecular weight is 300 g/mol. The number of hydrogen-bond acceptors (Lipinski definition) is 5. The van der Waals surface area contributed by atoms with Gasteiger partial charge in [0, 0.05) is 11.5 Å². The second kappa shape index (κ2) is 5.58. The van der Waals surface area contributed by atoms with E-state index < -0.39 is 36.9 Å². The number of nitro benzene ring substituents is 1. The molecule has 20 heavy (non-hydrogen) atoms. The molecule has 1 aromatic rings. The Morgan fingerprint density at radius 2 is 1.90 bits per heavy atom. The maximum absolute atomic E-state index is 12.1. The van der Waals surface area contributed by atoms with Crippen molar-refractivity contribution in [1.82, 2.24) is 4.72 Å². The van der Waals surface area contributed by atoms with E-state index in [2.05, 4.69) is 0 Å². The third kappa shape index (κ3) is 3.32. The number of nitro groups is 1. The molecule has 0 aliphatic carbocycles. The summed E-state index contributed by atoms with van der Waals surface area (Å²) in [7, 11) is -4.27. The van der Waals surface area contributed by atoms with Crippen molar-refractivity contribution in [3.8, 4) is 0 Å². The third-order valence-corrected chi connectivity index (χ3v) is 4.46. The van der Waals surface area contributed by atoms with E-state index in [0.717, 1.165) is 12.1 Å². The highest BCUT2D eigenvalue weighted by atomic mass is 32.2. The van der Waals surface area contributed by atoms with Crippen LogP contribution >= 0.6 is 0 Å². The molecule has 0 aromatic heterocycles. The van der Waals surface area contributed by atoms with Crippen molar-refractivity contribution in [3.63, 3.8) is 0 Å². The van der Waals surface area contributed by atoms with Gasteiger partial charge in [0.25, 0.3) is 15.7 Å². The first-order valence-electron chi connectivity index (χ1n) is 5.92. The SMILES string of the molecule is CCC(C)(C)C(=O)NS(=O)(=O)c1ccccc1[N+](=O)[O-]. The summed E-state index contributed by atoms with van der Waals surface area (Å²) in [5.74, 6) is -0.696. The fourth-order valence-corrected chi connectivity index (χ4v) is 2.62. The first-order chi connectivity index (χ1) is 9.12. The van der Waals surface area contributed by atoms with Gasteiger partial charge in [-0.1, -0.05) is 32.9 Å². The van der Waals surface area contributed by atoms with Gasteiger partial charge >= 0.3 is 0 Å². The van der Waals surface area contributed by atoms with E-state index in [4.69, 9.17) is 0 Å². The molecule has 0 saturated heterocycles. The van der Waals surface area contributed by atoms with Gasteiger partial charge in [0.2, 0.25) is 5.91 Å². The molecule has 0 heterocycles. The topological polar surface area (TPSA) is 106 Å². The molecule has 1 aromatic carbocycles. The lowest BCUT2D eigenvalue weighted by atomic mass is 9.90. The van der Waals surface area contributed by atoms with Gasteiger partial charge in [0.05, 0.1) is 4.92 Å². The number of carbonyl (C=O) groups excluding carboxylic acids is 1. The summed E-state index contributed by atoms with van der Waals surface area (Å²) in [6.45, 7) is 4.94. The van der Waals surface area contributed by atoms with Crippen LogP contribution in [0, 0.1) is 15.5 Å². The monoisotopic (exact) mass is 300 g/mol. The molecule has 0 spiro atoms. The summed E-state index contributed by atoms with van der Waals surface area (Å²) in [6.07, 6.45) is 0.436. The van der Waals surface area contributed by atoms with Gasteiger partial charge in [-0.25, -0.2) is 13.1 Å². The van der Waals surface area contributed by atoms with Crippen LogP contribution in [-0.4, -0.2) is 19.2 Å². The maximum atomic E-state index is 12.1. The number of para-hydroxylation sites is 1. The van der Waals surface area contributed by atoms with Crippen LogP contribution in [-0.2, 0) is 14.8 Å². The van der Waals surface area contributed by atoms with Crippen LogP contribution in [0.4, 0.5) is 5.69 Å². The molecule has 0 radical (unpaired) electrons. The Kier molecular flexibility index (Phi) is 4.49. The van der Waals surface area contributed by atoms with Crippen molar-refractivity contribution < 1.29 is 18.1 Å². The predicted octanol–water partition coefficient (Wildman–Crippen LogP) is 1.84. The lowest BCUT2D eigenvalue weighted by Gasteiger charge is -2.21. The van der Waals surface area contributed by atoms with Gasteiger partial charge in [-0.15, -0.1) is 0 Å². The summed E-state index contributed by atoms with van der Waals surface area (Å²) >= 11 is 0. The Morgan fingerprint density at radius 3 is 2.40 bits per heavy atom. The quantitative estimate of drug-likeness (QED) is 0.659. The Hall–Kier alpha value is -1.96. The fourth-order valence-electron chi connectivity index (χ4n) is 1.31. The highest BCUT2D eigenvalue weighted by Crippen LogP contribution is 2.25. The lowest BCUT2D eigenvalue weighted by Crippen LogP contribution is -2.40. The molecule has 0 aliphatic rings. The zero-order valence-corrected chi connectivity index (χ0v) is 12.2. The predicted molar refractivity (Wildman–Crippen MR) is 72.5 cm³/mol. The van der Waals surface area contributed by atoms with E-state index in [-0.39, 0.29) is 0 Å². The van der Waals surface area contributed by atoms with Crippen LogP contribution in [0.1, 0.15) is 27.2 Å². The number of amides is 1. The molecule has 0 aliphatic heterocycles. The summed E-state index contributed by atoms with van der Waals surface area (Å²) in [5, 5.41) is 10.8. The number of benzene rings is 1. The van der Waals surface area contributed by atoms with Gasteiger partial charge in [-0.05, 0) is 12.5 Å². The molecule has 1 amide bonds. The van der Waals surface area contributed by atoms with Crippen LogP contribution < -0.4 is 4.72 Å². The first kappa shape index (κ1) is 16.1. The van der Waals surface area contributed by atoms with Gasteiger partial charge < -0.3 is 0 Å². The minimum atomic E-state index is -4.27. The van der Waals surface area contributed by atoms with Gasteiger partial charge in [0.15, 0.2) is 4.90 Å². The Balaban J connectivity index is 3.20. The largest absolute Gasteiger partial charge is 0.289 e. The van der Waals surface area contributed by atoms with E-state index in [0.29, 0.717) is 6.42 Å². The number of nitrogens with one attached hydrogen (secondary N) is 1. The number of carbonyl (C=O) groups is 1. The van der Waals surface area contributed by atoms with Crippen molar-refractivity contribution in [1.29, 1.82) is 0 Å². The van der Waals surface area contributed by atoms with E-state index in [9.17, 15) is 23.3 Å². The second-order valence-electron chi connectivity index (χ2n) is 4.90. The van der Waals surface area contributed by atoms with Crippen molar-refractivity contribution in [2.45, 2.75) is 32.1 Å². The van der Waals surface area contributed by atoms with E-state index in [1.54, 1.807) is 20.8 Å². The smallest absolute Gasteiger partial charge is 0.273 e. The van der Waals surface area contributed by atoms with Crippen LogP contribution in [0.5, 0.6) is 0 Å². The number of nitrogens with zero attached hydrogens (tertiary/aromatic N) is 1. The summed E-state index contributed by atoms with van der Waals surface area (Å²) in [6, 6.07) is 4.88. The van der Waals surface area contributed by atoms with Crippen LogP contribution in [0.2, 0.25) is 0 Å². The molecular formula is C12H16N2O5S. The van der Waals surface area contributed by atoms with Crippen LogP contribution in [0.15, 0.2) is 29.2 Å². The van der Waals surface area contributed by atoms with Gasteiger partial charge in [-0.3, -0.25) is 14.9 Å². The molecule has 0 bridgehead atoms. The Bertz CT molecular complexity index is 637. The van der Waals surface area contributed by atoms with Crippen molar-refractivity contribution in [2.24, 2.45) is 5.41 Å². The first-order valence-corrected chi connectivity index (χ1v) is 7.41. The molecule has 110 valence electrons. The molecule has 1 rings (SSSR count). The average Bonchev–Trinajstić information content (AvgIpc) is 2.38. The lowest BCUT2D eigenvalue weighted by molar-refractivity contribution is -0.387.